The lowest BCUT2D eigenvalue weighted by molar-refractivity contribution is 0.686. The average Bonchev–Trinajstić information content (AvgIpc) is 2.91. The third kappa shape index (κ3) is 1.75. The largest absolute Gasteiger partial charge is 0.346 e. The summed E-state index contributed by atoms with van der Waals surface area (Å²) >= 11 is 0. The van der Waals surface area contributed by atoms with Crippen LogP contribution in [0.25, 0.3) is 22.2 Å². The van der Waals surface area contributed by atoms with E-state index in [9.17, 15) is 0 Å². The molecular weight excluding hydrogens is 232 g/mol. The zero-order chi connectivity index (χ0) is 12.7. The number of H-pyrrole nitrogens is 1. The highest BCUT2D eigenvalue weighted by molar-refractivity contribution is 5.93. The second-order valence-corrected chi connectivity index (χ2v) is 5.29. The summed E-state index contributed by atoms with van der Waals surface area (Å²) in [6, 6.07) is 11.1. The minimum atomic E-state index is 0.968. The molecule has 0 atom stereocenters. The summed E-state index contributed by atoms with van der Waals surface area (Å²) in [5.41, 5.74) is 6.60. The van der Waals surface area contributed by atoms with Crippen LogP contribution in [0.3, 0.4) is 0 Å². The summed E-state index contributed by atoms with van der Waals surface area (Å²) in [5.74, 6) is 0. The predicted molar refractivity (Wildman–Crippen MR) is 78.2 cm³/mol. The van der Waals surface area contributed by atoms with Gasteiger partial charge in [0.05, 0.1) is 0 Å². The summed E-state index contributed by atoms with van der Waals surface area (Å²) < 4.78 is 0. The van der Waals surface area contributed by atoms with Gasteiger partial charge in [-0.15, -0.1) is 0 Å². The van der Waals surface area contributed by atoms with Crippen molar-refractivity contribution in [3.63, 3.8) is 0 Å². The normalized spacial score (nSPS) is 14.5. The molecule has 0 bridgehead atoms. The van der Waals surface area contributed by atoms with Gasteiger partial charge in [0.2, 0.25) is 0 Å². The average molecular weight is 248 g/mol. The van der Waals surface area contributed by atoms with E-state index in [4.69, 9.17) is 0 Å². The molecule has 0 saturated carbocycles. The van der Waals surface area contributed by atoms with Gasteiger partial charge >= 0.3 is 0 Å². The van der Waals surface area contributed by atoms with Gasteiger partial charge in [0.1, 0.15) is 5.65 Å². The maximum atomic E-state index is 4.36. The standard InChI is InChI=1S/C17H16N2/c1-2-5-13-10-14(8-7-12(13)4-1)16-11-19-17-15(16)6-3-9-18-17/h3,6-11H,1-2,4-5H2,(H,18,19). The molecule has 1 N–H and O–H groups in total. The lowest BCUT2D eigenvalue weighted by Gasteiger charge is -2.16. The zero-order valence-corrected chi connectivity index (χ0v) is 10.8. The summed E-state index contributed by atoms with van der Waals surface area (Å²) in [6.07, 6.45) is 9.03. The summed E-state index contributed by atoms with van der Waals surface area (Å²) in [7, 11) is 0. The van der Waals surface area contributed by atoms with Crippen LogP contribution in [0.2, 0.25) is 0 Å². The van der Waals surface area contributed by atoms with Gasteiger partial charge in [-0.3, -0.25) is 0 Å². The molecule has 0 fully saturated rings. The van der Waals surface area contributed by atoms with Gasteiger partial charge in [0, 0.05) is 23.3 Å². The number of aromatic amines is 1. The first-order chi connectivity index (χ1) is 9.42. The van der Waals surface area contributed by atoms with Crippen molar-refractivity contribution in [3.8, 4) is 11.1 Å². The second kappa shape index (κ2) is 4.23. The Balaban J connectivity index is 1.88. The zero-order valence-electron chi connectivity index (χ0n) is 10.8. The van der Waals surface area contributed by atoms with Crippen LogP contribution in [0.4, 0.5) is 0 Å². The number of rotatable bonds is 1. The summed E-state index contributed by atoms with van der Waals surface area (Å²) in [5, 5.41) is 1.21. The van der Waals surface area contributed by atoms with Crippen LogP contribution < -0.4 is 0 Å². The summed E-state index contributed by atoms with van der Waals surface area (Å²) in [6.45, 7) is 0. The molecule has 2 nitrogen and oxygen atoms in total. The minimum Gasteiger partial charge on any atom is -0.346 e. The van der Waals surface area contributed by atoms with Crippen molar-refractivity contribution in [2.24, 2.45) is 0 Å². The molecule has 1 aromatic carbocycles. The van der Waals surface area contributed by atoms with Crippen molar-refractivity contribution < 1.29 is 0 Å². The van der Waals surface area contributed by atoms with Crippen molar-refractivity contribution in [1.29, 1.82) is 0 Å². The first-order valence-electron chi connectivity index (χ1n) is 6.96. The van der Waals surface area contributed by atoms with Gasteiger partial charge in [-0.25, -0.2) is 4.98 Å². The second-order valence-electron chi connectivity index (χ2n) is 5.29. The Labute approximate surface area is 112 Å². The minimum absolute atomic E-state index is 0.968. The Hall–Kier alpha value is -2.09. The Morgan fingerprint density at radius 2 is 1.89 bits per heavy atom. The van der Waals surface area contributed by atoms with E-state index >= 15 is 0 Å². The van der Waals surface area contributed by atoms with Crippen LogP contribution in [0.5, 0.6) is 0 Å². The van der Waals surface area contributed by atoms with Crippen molar-refractivity contribution in [1.82, 2.24) is 9.97 Å². The van der Waals surface area contributed by atoms with Crippen LogP contribution in [-0.2, 0) is 12.8 Å². The predicted octanol–water partition coefficient (Wildman–Crippen LogP) is 4.11. The van der Waals surface area contributed by atoms with Crippen molar-refractivity contribution >= 4 is 11.0 Å². The molecule has 2 heterocycles. The van der Waals surface area contributed by atoms with Gasteiger partial charge in [0.25, 0.3) is 0 Å². The topological polar surface area (TPSA) is 28.7 Å². The molecule has 19 heavy (non-hydrogen) atoms. The molecule has 2 aromatic heterocycles. The first-order valence-corrected chi connectivity index (χ1v) is 6.96. The monoisotopic (exact) mass is 248 g/mol. The lowest BCUT2D eigenvalue weighted by Crippen LogP contribution is -2.02. The number of hydrogen-bond donors (Lipinski definition) is 1. The molecule has 0 amide bonds. The molecule has 0 unspecified atom stereocenters. The third-order valence-electron chi connectivity index (χ3n) is 4.11. The maximum Gasteiger partial charge on any atom is 0.137 e. The molecule has 0 aliphatic heterocycles. The third-order valence-corrected chi connectivity index (χ3v) is 4.11. The van der Waals surface area contributed by atoms with Crippen molar-refractivity contribution in [2.75, 3.05) is 0 Å². The van der Waals surface area contributed by atoms with Crippen LogP contribution in [0.15, 0.2) is 42.7 Å². The molecule has 2 heteroatoms. The maximum absolute atomic E-state index is 4.36. The Bertz CT molecular complexity index is 740. The van der Waals surface area contributed by atoms with Gasteiger partial charge in [-0.05, 0) is 54.5 Å². The Morgan fingerprint density at radius 1 is 1.00 bits per heavy atom. The number of fused-ring (bicyclic) bond motifs is 2. The Kier molecular flexibility index (Phi) is 2.41. The van der Waals surface area contributed by atoms with E-state index in [2.05, 4.69) is 40.4 Å². The van der Waals surface area contributed by atoms with Crippen LogP contribution in [-0.4, -0.2) is 9.97 Å². The van der Waals surface area contributed by atoms with Gasteiger partial charge in [-0.1, -0.05) is 18.2 Å². The van der Waals surface area contributed by atoms with E-state index < -0.39 is 0 Å². The number of nitrogens with zero attached hydrogens (tertiary/aromatic N) is 1. The van der Waals surface area contributed by atoms with E-state index in [-0.39, 0.29) is 0 Å². The molecule has 1 aliphatic carbocycles. The number of aromatic nitrogens is 2. The van der Waals surface area contributed by atoms with Crippen molar-refractivity contribution in [2.45, 2.75) is 25.7 Å². The smallest absolute Gasteiger partial charge is 0.137 e. The molecule has 0 radical (unpaired) electrons. The fraction of sp³-hybridized carbons (Fsp3) is 0.235. The fourth-order valence-corrected chi connectivity index (χ4v) is 3.10. The summed E-state index contributed by atoms with van der Waals surface area (Å²) in [4.78, 5) is 7.61. The lowest BCUT2D eigenvalue weighted by atomic mass is 9.89. The highest BCUT2D eigenvalue weighted by Gasteiger charge is 2.12. The molecule has 3 aromatic rings. The van der Waals surface area contributed by atoms with E-state index in [1.54, 1.807) is 0 Å². The Morgan fingerprint density at radius 3 is 2.84 bits per heavy atom. The van der Waals surface area contributed by atoms with Crippen molar-refractivity contribution in [3.05, 3.63) is 53.9 Å². The van der Waals surface area contributed by atoms with E-state index in [1.165, 1.54) is 53.3 Å². The van der Waals surface area contributed by atoms with Crippen LogP contribution in [0, 0.1) is 0 Å². The number of benzene rings is 1. The molecule has 1 aliphatic rings. The van der Waals surface area contributed by atoms with E-state index in [0.717, 1.165) is 5.65 Å². The van der Waals surface area contributed by atoms with Crippen LogP contribution in [0.1, 0.15) is 24.0 Å². The van der Waals surface area contributed by atoms with E-state index in [1.807, 2.05) is 12.3 Å². The number of pyridine rings is 1. The molecule has 94 valence electrons. The molecule has 4 rings (SSSR count). The SMILES string of the molecule is c1cnc2[nH]cc(-c3ccc4c(c3)CCCC4)c2c1. The first kappa shape index (κ1) is 10.8. The molecule has 0 spiro atoms. The van der Waals surface area contributed by atoms with Gasteiger partial charge < -0.3 is 4.98 Å². The molecular formula is C17H16N2. The highest BCUT2D eigenvalue weighted by atomic mass is 14.8. The number of hydrogen-bond acceptors (Lipinski definition) is 1. The number of aryl methyl sites for hydroxylation is 2. The van der Waals surface area contributed by atoms with Gasteiger partial charge in [0.15, 0.2) is 0 Å². The number of nitrogens with one attached hydrogen (secondary N) is 1. The fourth-order valence-electron chi connectivity index (χ4n) is 3.10. The highest BCUT2D eigenvalue weighted by Crippen LogP contribution is 2.31. The van der Waals surface area contributed by atoms with E-state index in [0.29, 0.717) is 0 Å². The van der Waals surface area contributed by atoms with Gasteiger partial charge in [-0.2, -0.15) is 0 Å². The molecule has 0 saturated heterocycles. The quantitative estimate of drug-likeness (QED) is 0.689. The van der Waals surface area contributed by atoms with Crippen LogP contribution >= 0.6 is 0 Å².